The third-order valence-electron chi connectivity index (χ3n) is 5.29. The van der Waals surface area contributed by atoms with Crippen molar-refractivity contribution in [3.8, 4) is 0 Å². The zero-order chi connectivity index (χ0) is 18.3. The minimum atomic E-state index is 0.0238. The lowest BCUT2D eigenvalue weighted by atomic mass is 9.75. The second kappa shape index (κ2) is 6.61. The number of aromatic nitrogens is 1. The first-order valence-electron chi connectivity index (χ1n) is 9.20. The molecule has 0 bridgehead atoms. The lowest BCUT2D eigenvalue weighted by Crippen LogP contribution is -2.52. The van der Waals surface area contributed by atoms with Crippen LogP contribution in [0.1, 0.15) is 43.4 Å². The highest BCUT2D eigenvalue weighted by Gasteiger charge is 2.36. The van der Waals surface area contributed by atoms with Gasteiger partial charge in [-0.25, -0.2) is 9.78 Å². The minimum absolute atomic E-state index is 0.0238. The predicted molar refractivity (Wildman–Crippen MR) is 103 cm³/mol. The summed E-state index contributed by atoms with van der Waals surface area (Å²) in [6.45, 7) is 9.54. The summed E-state index contributed by atoms with van der Waals surface area (Å²) >= 11 is 1.65. The number of carbonyl (C=O) groups is 1. The molecule has 1 fully saturated rings. The van der Waals surface area contributed by atoms with E-state index in [1.807, 2.05) is 23.4 Å². The maximum Gasteiger partial charge on any atom is 0.318 e. The zero-order valence-corrected chi connectivity index (χ0v) is 16.4. The standard InChI is InChI=1S/C19H26N4O2S/c1-13-10-14-15(11-19(2,3)12-16(14)25-13)21-17(24)22-5-7-23(8-6-22)18-20-4-9-26-18/h4,9-10,15H,5-8,11-12H2,1-3H3,(H,21,24). The van der Waals surface area contributed by atoms with Gasteiger partial charge in [-0.05, 0) is 24.8 Å². The number of fused-ring (bicyclic) bond motifs is 1. The Morgan fingerprint density at radius 3 is 2.81 bits per heavy atom. The van der Waals surface area contributed by atoms with Gasteiger partial charge in [-0.2, -0.15) is 0 Å². The molecule has 2 amide bonds. The van der Waals surface area contributed by atoms with Crippen LogP contribution >= 0.6 is 11.3 Å². The topological polar surface area (TPSA) is 61.6 Å². The molecule has 1 aliphatic carbocycles. The smallest absolute Gasteiger partial charge is 0.318 e. The number of nitrogens with one attached hydrogen (secondary N) is 1. The fourth-order valence-electron chi connectivity index (χ4n) is 4.03. The Morgan fingerprint density at radius 1 is 1.35 bits per heavy atom. The Bertz CT molecular complexity index is 776. The number of rotatable bonds is 2. The average Bonchev–Trinajstić information content (AvgIpc) is 3.23. The molecule has 0 saturated carbocycles. The van der Waals surface area contributed by atoms with Gasteiger partial charge in [0.25, 0.3) is 0 Å². The Balaban J connectivity index is 1.41. The molecule has 7 heteroatoms. The van der Waals surface area contributed by atoms with E-state index in [2.05, 4.69) is 35.1 Å². The summed E-state index contributed by atoms with van der Waals surface area (Å²) in [5.74, 6) is 1.95. The van der Waals surface area contributed by atoms with Crippen molar-refractivity contribution < 1.29 is 9.21 Å². The van der Waals surface area contributed by atoms with E-state index in [0.29, 0.717) is 0 Å². The van der Waals surface area contributed by atoms with E-state index in [9.17, 15) is 4.79 Å². The molecule has 4 rings (SSSR count). The van der Waals surface area contributed by atoms with E-state index in [1.54, 1.807) is 11.3 Å². The van der Waals surface area contributed by atoms with E-state index < -0.39 is 0 Å². The van der Waals surface area contributed by atoms with Gasteiger partial charge in [0, 0.05) is 49.7 Å². The quantitative estimate of drug-likeness (QED) is 0.873. The molecule has 1 N–H and O–H groups in total. The molecule has 1 unspecified atom stereocenters. The maximum absolute atomic E-state index is 12.8. The van der Waals surface area contributed by atoms with Crippen LogP contribution in [-0.2, 0) is 6.42 Å². The SMILES string of the molecule is Cc1cc2c(o1)CC(C)(C)CC2NC(=O)N1CCN(c2nccs2)CC1. The summed E-state index contributed by atoms with van der Waals surface area (Å²) in [5.41, 5.74) is 1.27. The molecule has 6 nitrogen and oxygen atoms in total. The second-order valence-corrected chi connectivity index (χ2v) is 8.94. The summed E-state index contributed by atoms with van der Waals surface area (Å²) in [4.78, 5) is 21.4. The molecular formula is C19H26N4O2S. The van der Waals surface area contributed by atoms with Gasteiger partial charge in [0.15, 0.2) is 5.13 Å². The summed E-state index contributed by atoms with van der Waals surface area (Å²) in [7, 11) is 0. The fourth-order valence-corrected chi connectivity index (χ4v) is 4.72. The first kappa shape index (κ1) is 17.4. The van der Waals surface area contributed by atoms with E-state index >= 15 is 0 Å². The Labute approximate surface area is 158 Å². The normalized spacial score (nSPS) is 22.2. The first-order valence-corrected chi connectivity index (χ1v) is 10.1. The molecule has 0 spiro atoms. The van der Waals surface area contributed by atoms with Crippen molar-refractivity contribution >= 4 is 22.5 Å². The summed E-state index contributed by atoms with van der Waals surface area (Å²) in [5, 5.41) is 6.29. The molecular weight excluding hydrogens is 348 g/mol. The monoisotopic (exact) mass is 374 g/mol. The molecule has 3 heterocycles. The zero-order valence-electron chi connectivity index (χ0n) is 15.6. The van der Waals surface area contributed by atoms with Crippen LogP contribution in [0.2, 0.25) is 0 Å². The van der Waals surface area contributed by atoms with E-state index in [-0.39, 0.29) is 17.5 Å². The minimum Gasteiger partial charge on any atom is -0.466 e. The van der Waals surface area contributed by atoms with Crippen molar-refractivity contribution in [3.05, 3.63) is 34.7 Å². The molecule has 0 radical (unpaired) electrons. The largest absolute Gasteiger partial charge is 0.466 e. The van der Waals surface area contributed by atoms with Crippen molar-refractivity contribution in [2.75, 3.05) is 31.1 Å². The van der Waals surface area contributed by atoms with Crippen LogP contribution in [0.4, 0.5) is 9.93 Å². The Hall–Kier alpha value is -2.02. The first-order chi connectivity index (χ1) is 12.4. The fraction of sp³-hybridized carbons (Fsp3) is 0.579. The number of nitrogens with zero attached hydrogens (tertiary/aromatic N) is 3. The highest BCUT2D eigenvalue weighted by molar-refractivity contribution is 7.13. The number of aryl methyl sites for hydroxylation is 1. The van der Waals surface area contributed by atoms with Crippen molar-refractivity contribution in [2.24, 2.45) is 5.41 Å². The summed E-state index contributed by atoms with van der Waals surface area (Å²) < 4.78 is 5.88. The van der Waals surface area contributed by atoms with Crippen molar-refractivity contribution in [1.29, 1.82) is 0 Å². The van der Waals surface area contributed by atoms with E-state index in [4.69, 9.17) is 4.42 Å². The highest BCUT2D eigenvalue weighted by atomic mass is 32.1. The number of anilines is 1. The van der Waals surface area contributed by atoms with Crippen LogP contribution < -0.4 is 10.2 Å². The molecule has 1 atom stereocenters. The van der Waals surface area contributed by atoms with Crippen LogP contribution in [0.3, 0.4) is 0 Å². The third kappa shape index (κ3) is 3.45. The van der Waals surface area contributed by atoms with E-state index in [0.717, 1.165) is 61.2 Å². The number of amides is 2. The molecule has 140 valence electrons. The van der Waals surface area contributed by atoms with Gasteiger partial charge in [0.2, 0.25) is 0 Å². The number of urea groups is 1. The van der Waals surface area contributed by atoms with Crippen molar-refractivity contribution in [1.82, 2.24) is 15.2 Å². The molecule has 2 aromatic rings. The molecule has 1 aliphatic heterocycles. The van der Waals surface area contributed by atoms with Crippen LogP contribution in [-0.4, -0.2) is 42.1 Å². The maximum atomic E-state index is 12.8. The number of furan rings is 1. The highest BCUT2D eigenvalue weighted by Crippen LogP contribution is 2.42. The second-order valence-electron chi connectivity index (χ2n) is 8.07. The van der Waals surface area contributed by atoms with Crippen LogP contribution in [0, 0.1) is 12.3 Å². The van der Waals surface area contributed by atoms with Crippen molar-refractivity contribution in [2.45, 2.75) is 39.7 Å². The van der Waals surface area contributed by atoms with Crippen LogP contribution in [0.15, 0.2) is 22.1 Å². The molecule has 2 aromatic heterocycles. The van der Waals surface area contributed by atoms with Gasteiger partial charge >= 0.3 is 6.03 Å². The Kier molecular flexibility index (Phi) is 4.42. The lowest BCUT2D eigenvalue weighted by molar-refractivity contribution is 0.178. The van der Waals surface area contributed by atoms with Gasteiger partial charge in [0.05, 0.1) is 6.04 Å². The molecule has 26 heavy (non-hydrogen) atoms. The molecule has 1 saturated heterocycles. The number of piperazine rings is 1. The Morgan fingerprint density at radius 2 is 2.12 bits per heavy atom. The molecule has 0 aromatic carbocycles. The summed E-state index contributed by atoms with van der Waals surface area (Å²) in [6.07, 6.45) is 3.69. The number of hydrogen-bond donors (Lipinski definition) is 1. The number of hydrogen-bond acceptors (Lipinski definition) is 5. The lowest BCUT2D eigenvalue weighted by Gasteiger charge is -2.38. The number of carbonyl (C=O) groups excluding carboxylic acids is 1. The van der Waals surface area contributed by atoms with Gasteiger partial charge in [0.1, 0.15) is 11.5 Å². The third-order valence-corrected chi connectivity index (χ3v) is 6.12. The van der Waals surface area contributed by atoms with E-state index in [1.165, 1.54) is 0 Å². The van der Waals surface area contributed by atoms with Gasteiger partial charge in [-0.3, -0.25) is 0 Å². The van der Waals surface area contributed by atoms with Crippen LogP contribution in [0.25, 0.3) is 0 Å². The average molecular weight is 375 g/mol. The molecule has 2 aliphatic rings. The number of thiazole rings is 1. The predicted octanol–water partition coefficient (Wildman–Crippen LogP) is 3.59. The van der Waals surface area contributed by atoms with Gasteiger partial charge in [-0.1, -0.05) is 13.8 Å². The van der Waals surface area contributed by atoms with Crippen molar-refractivity contribution in [3.63, 3.8) is 0 Å². The van der Waals surface area contributed by atoms with Gasteiger partial charge < -0.3 is 19.5 Å². The van der Waals surface area contributed by atoms with Crippen LogP contribution in [0.5, 0.6) is 0 Å². The van der Waals surface area contributed by atoms with Gasteiger partial charge in [-0.15, -0.1) is 11.3 Å². The summed E-state index contributed by atoms with van der Waals surface area (Å²) in [6, 6.07) is 2.13.